The number of nitrogens with two attached hydrogens (primary N) is 2. The zero-order valence-electron chi connectivity index (χ0n) is 5.74. The summed E-state index contributed by atoms with van der Waals surface area (Å²) < 4.78 is 0.977. The highest BCUT2D eigenvalue weighted by Crippen LogP contribution is 2.28. The zero-order valence-corrected chi connectivity index (χ0v) is 6.56. The summed E-state index contributed by atoms with van der Waals surface area (Å²) in [4.78, 5) is 4.11. The molecule has 0 aliphatic carbocycles. The van der Waals surface area contributed by atoms with E-state index < -0.39 is 0 Å². The first-order valence-corrected chi connectivity index (χ1v) is 4.04. The second kappa shape index (κ2) is 2.10. The fourth-order valence-corrected chi connectivity index (χ4v) is 1.76. The molecule has 56 valence electrons. The predicted molar refractivity (Wildman–Crippen MR) is 48.4 cm³/mol. The van der Waals surface area contributed by atoms with Gasteiger partial charge in [0.1, 0.15) is 0 Å². The second-order valence-electron chi connectivity index (χ2n) is 2.26. The number of anilines is 2. The third-order valence-corrected chi connectivity index (χ3v) is 2.48. The standard InChI is InChI=1S/C7H7N3S/c8-4-3-10-5-1-2-11-7(5)6(4)9/h1-3H,8H2,(H2,9,10). The number of aromatic nitrogens is 1. The van der Waals surface area contributed by atoms with Gasteiger partial charge in [-0.25, -0.2) is 0 Å². The molecule has 0 atom stereocenters. The van der Waals surface area contributed by atoms with Gasteiger partial charge in [-0.15, -0.1) is 11.3 Å². The Bertz CT molecular complexity index is 393. The van der Waals surface area contributed by atoms with Gasteiger partial charge in [-0.1, -0.05) is 0 Å². The minimum atomic E-state index is 0.556. The Morgan fingerprint density at radius 2 is 2.18 bits per heavy atom. The average Bonchev–Trinajstić information content (AvgIpc) is 2.45. The molecule has 0 radical (unpaired) electrons. The Hall–Kier alpha value is -1.29. The Balaban J connectivity index is 2.93. The number of nitrogens with zero attached hydrogens (tertiary/aromatic N) is 1. The molecular weight excluding hydrogens is 158 g/mol. The van der Waals surface area contributed by atoms with Crippen molar-refractivity contribution in [1.82, 2.24) is 4.98 Å². The molecule has 0 aliphatic heterocycles. The maximum Gasteiger partial charge on any atom is 0.0832 e. The minimum absolute atomic E-state index is 0.556. The van der Waals surface area contributed by atoms with Gasteiger partial charge in [-0.05, 0) is 11.4 Å². The summed E-state index contributed by atoms with van der Waals surface area (Å²) in [7, 11) is 0. The van der Waals surface area contributed by atoms with Gasteiger partial charge >= 0.3 is 0 Å². The number of hydrogen-bond acceptors (Lipinski definition) is 4. The smallest absolute Gasteiger partial charge is 0.0832 e. The molecule has 3 nitrogen and oxygen atoms in total. The molecule has 2 aromatic heterocycles. The summed E-state index contributed by atoms with van der Waals surface area (Å²) >= 11 is 1.56. The zero-order chi connectivity index (χ0) is 7.84. The topological polar surface area (TPSA) is 64.9 Å². The minimum Gasteiger partial charge on any atom is -0.396 e. The lowest BCUT2D eigenvalue weighted by atomic mass is 10.3. The van der Waals surface area contributed by atoms with Gasteiger partial charge < -0.3 is 11.5 Å². The molecule has 0 saturated carbocycles. The van der Waals surface area contributed by atoms with Crippen LogP contribution < -0.4 is 11.5 Å². The van der Waals surface area contributed by atoms with Crippen LogP contribution in [0.1, 0.15) is 0 Å². The van der Waals surface area contributed by atoms with E-state index in [9.17, 15) is 0 Å². The SMILES string of the molecule is Nc1cnc2ccsc2c1N. The highest BCUT2D eigenvalue weighted by atomic mass is 32.1. The molecule has 11 heavy (non-hydrogen) atoms. The highest BCUT2D eigenvalue weighted by Gasteiger charge is 2.02. The van der Waals surface area contributed by atoms with Crippen LogP contribution in [-0.4, -0.2) is 4.98 Å². The first-order chi connectivity index (χ1) is 5.29. The lowest BCUT2D eigenvalue weighted by Gasteiger charge is -1.98. The Morgan fingerprint density at radius 3 is 3.00 bits per heavy atom. The van der Waals surface area contributed by atoms with E-state index >= 15 is 0 Å². The van der Waals surface area contributed by atoms with Gasteiger partial charge in [0, 0.05) is 0 Å². The summed E-state index contributed by atoms with van der Waals surface area (Å²) in [5.74, 6) is 0. The Kier molecular flexibility index (Phi) is 1.22. The lowest BCUT2D eigenvalue weighted by Crippen LogP contribution is -1.94. The Labute approximate surface area is 67.7 Å². The van der Waals surface area contributed by atoms with Gasteiger partial charge in [-0.2, -0.15) is 0 Å². The van der Waals surface area contributed by atoms with Crippen LogP contribution in [0.15, 0.2) is 17.6 Å². The summed E-state index contributed by atoms with van der Waals surface area (Å²) in [6.07, 6.45) is 1.59. The molecule has 0 amide bonds. The maximum atomic E-state index is 5.71. The van der Waals surface area contributed by atoms with Crippen molar-refractivity contribution in [3.63, 3.8) is 0 Å². The van der Waals surface area contributed by atoms with Crippen molar-refractivity contribution in [2.24, 2.45) is 0 Å². The molecule has 0 fully saturated rings. The second-order valence-corrected chi connectivity index (χ2v) is 3.18. The summed E-state index contributed by atoms with van der Waals surface area (Å²) in [5, 5.41) is 1.95. The summed E-state index contributed by atoms with van der Waals surface area (Å²) in [5.41, 5.74) is 13.4. The van der Waals surface area contributed by atoms with E-state index in [-0.39, 0.29) is 0 Å². The van der Waals surface area contributed by atoms with Crippen molar-refractivity contribution >= 4 is 32.9 Å². The molecule has 0 aromatic carbocycles. The van der Waals surface area contributed by atoms with Crippen LogP contribution >= 0.6 is 11.3 Å². The van der Waals surface area contributed by atoms with E-state index in [4.69, 9.17) is 11.5 Å². The van der Waals surface area contributed by atoms with E-state index in [2.05, 4.69) is 4.98 Å². The molecule has 2 heterocycles. The third-order valence-electron chi connectivity index (χ3n) is 1.54. The van der Waals surface area contributed by atoms with Gasteiger partial charge in [0.2, 0.25) is 0 Å². The normalized spacial score (nSPS) is 10.5. The number of fused-ring (bicyclic) bond motifs is 1. The van der Waals surface area contributed by atoms with Crippen LogP contribution in [-0.2, 0) is 0 Å². The van der Waals surface area contributed by atoms with Crippen molar-refractivity contribution in [3.05, 3.63) is 17.6 Å². The van der Waals surface area contributed by atoms with Crippen molar-refractivity contribution in [2.45, 2.75) is 0 Å². The van der Waals surface area contributed by atoms with Crippen molar-refractivity contribution in [1.29, 1.82) is 0 Å². The van der Waals surface area contributed by atoms with Crippen molar-refractivity contribution < 1.29 is 0 Å². The van der Waals surface area contributed by atoms with E-state index in [1.165, 1.54) is 0 Å². The van der Waals surface area contributed by atoms with Crippen LogP contribution in [0, 0.1) is 0 Å². The molecule has 0 saturated heterocycles. The average molecular weight is 165 g/mol. The highest BCUT2D eigenvalue weighted by molar-refractivity contribution is 7.17. The number of nitrogen functional groups attached to an aromatic ring is 2. The van der Waals surface area contributed by atoms with Crippen LogP contribution in [0.2, 0.25) is 0 Å². The van der Waals surface area contributed by atoms with Crippen molar-refractivity contribution in [2.75, 3.05) is 11.5 Å². The van der Waals surface area contributed by atoms with Crippen LogP contribution in [0.25, 0.3) is 10.2 Å². The number of rotatable bonds is 0. The molecule has 4 N–H and O–H groups in total. The first-order valence-electron chi connectivity index (χ1n) is 3.16. The maximum absolute atomic E-state index is 5.71. The predicted octanol–water partition coefficient (Wildman–Crippen LogP) is 1.46. The fraction of sp³-hybridized carbons (Fsp3) is 0. The Morgan fingerprint density at radius 1 is 1.36 bits per heavy atom. The first kappa shape index (κ1) is 6.42. The molecule has 4 heteroatoms. The van der Waals surface area contributed by atoms with E-state index in [1.54, 1.807) is 17.5 Å². The van der Waals surface area contributed by atoms with Crippen molar-refractivity contribution in [3.8, 4) is 0 Å². The van der Waals surface area contributed by atoms with E-state index in [0.29, 0.717) is 11.4 Å². The summed E-state index contributed by atoms with van der Waals surface area (Å²) in [6.45, 7) is 0. The molecule has 2 rings (SSSR count). The molecule has 0 spiro atoms. The summed E-state index contributed by atoms with van der Waals surface area (Å²) in [6, 6.07) is 1.93. The van der Waals surface area contributed by atoms with E-state index in [0.717, 1.165) is 10.2 Å². The third kappa shape index (κ3) is 0.832. The number of hydrogen-bond donors (Lipinski definition) is 2. The quantitative estimate of drug-likeness (QED) is 0.621. The monoisotopic (exact) mass is 165 g/mol. The molecular formula is C7H7N3S. The van der Waals surface area contributed by atoms with E-state index in [1.807, 2.05) is 11.4 Å². The number of thiophene rings is 1. The van der Waals surface area contributed by atoms with Crippen LogP contribution in [0.5, 0.6) is 0 Å². The van der Waals surface area contributed by atoms with Gasteiger partial charge in [-0.3, -0.25) is 4.98 Å². The van der Waals surface area contributed by atoms with Gasteiger partial charge in [0.15, 0.2) is 0 Å². The van der Waals surface area contributed by atoms with Crippen LogP contribution in [0.3, 0.4) is 0 Å². The lowest BCUT2D eigenvalue weighted by molar-refractivity contribution is 1.43. The van der Waals surface area contributed by atoms with Crippen LogP contribution in [0.4, 0.5) is 11.4 Å². The van der Waals surface area contributed by atoms with Gasteiger partial charge in [0.25, 0.3) is 0 Å². The van der Waals surface area contributed by atoms with Gasteiger partial charge in [0.05, 0.1) is 27.8 Å². The number of pyridine rings is 1. The largest absolute Gasteiger partial charge is 0.396 e. The molecule has 0 aliphatic rings. The molecule has 2 aromatic rings. The molecule has 0 bridgehead atoms. The fourth-order valence-electron chi connectivity index (χ4n) is 0.945. The molecule has 0 unspecified atom stereocenters.